The van der Waals surface area contributed by atoms with Crippen molar-refractivity contribution in [1.82, 2.24) is 9.97 Å². The van der Waals surface area contributed by atoms with Crippen molar-refractivity contribution in [2.24, 2.45) is 0 Å². The van der Waals surface area contributed by atoms with E-state index in [1.54, 1.807) is 0 Å². The van der Waals surface area contributed by atoms with Gasteiger partial charge < -0.3 is 10.2 Å². The predicted molar refractivity (Wildman–Crippen MR) is 104 cm³/mol. The van der Waals surface area contributed by atoms with Crippen LogP contribution in [0.5, 0.6) is 0 Å². The van der Waals surface area contributed by atoms with Crippen molar-refractivity contribution in [2.45, 2.75) is 26.9 Å². The van der Waals surface area contributed by atoms with Gasteiger partial charge >= 0.3 is 0 Å². The molecule has 0 saturated carbocycles. The first-order chi connectivity index (χ1) is 12.1. The van der Waals surface area contributed by atoms with Gasteiger partial charge in [0.15, 0.2) is 0 Å². The van der Waals surface area contributed by atoms with Gasteiger partial charge in [-0.2, -0.15) is 4.98 Å². The predicted octanol–water partition coefficient (Wildman–Crippen LogP) is 4.34. The maximum atomic E-state index is 4.67. The minimum Gasteiger partial charge on any atom is -0.355 e. The zero-order valence-electron chi connectivity index (χ0n) is 15.0. The van der Waals surface area contributed by atoms with Crippen molar-refractivity contribution < 1.29 is 0 Å². The first-order valence-corrected chi connectivity index (χ1v) is 8.50. The maximum Gasteiger partial charge on any atom is 0.225 e. The third-order valence-electron chi connectivity index (χ3n) is 4.07. The monoisotopic (exact) mass is 332 g/mol. The van der Waals surface area contributed by atoms with E-state index in [2.05, 4.69) is 82.7 Å². The molecule has 0 aliphatic rings. The average Bonchev–Trinajstić information content (AvgIpc) is 2.61. The smallest absolute Gasteiger partial charge is 0.225 e. The van der Waals surface area contributed by atoms with E-state index in [1.165, 1.54) is 16.7 Å². The fourth-order valence-corrected chi connectivity index (χ4v) is 2.65. The standard InChI is InChI=1S/C21H24N4/c1-16-9-11-18(12-10-16)14-22-21-23-17(2)13-20(24-21)25(3)15-19-7-5-4-6-8-19/h4-13H,14-15H2,1-3H3,(H,22,23,24). The molecule has 25 heavy (non-hydrogen) atoms. The van der Waals surface area contributed by atoms with Crippen LogP contribution in [0.25, 0.3) is 0 Å². The van der Waals surface area contributed by atoms with Gasteiger partial charge in [0.05, 0.1) is 0 Å². The van der Waals surface area contributed by atoms with Gasteiger partial charge in [0.1, 0.15) is 5.82 Å². The number of aryl methyl sites for hydroxylation is 2. The molecule has 0 radical (unpaired) electrons. The van der Waals surface area contributed by atoms with Gasteiger partial charge in [-0.15, -0.1) is 0 Å². The van der Waals surface area contributed by atoms with Gasteiger partial charge in [0, 0.05) is 31.9 Å². The van der Waals surface area contributed by atoms with Gasteiger partial charge in [0.25, 0.3) is 0 Å². The van der Waals surface area contributed by atoms with E-state index < -0.39 is 0 Å². The van der Waals surface area contributed by atoms with E-state index in [0.29, 0.717) is 12.5 Å². The highest BCUT2D eigenvalue weighted by Crippen LogP contribution is 2.16. The van der Waals surface area contributed by atoms with Gasteiger partial charge in [0.2, 0.25) is 5.95 Å². The largest absolute Gasteiger partial charge is 0.355 e. The summed E-state index contributed by atoms with van der Waals surface area (Å²) in [5.74, 6) is 1.58. The number of aromatic nitrogens is 2. The molecule has 0 spiro atoms. The summed E-state index contributed by atoms with van der Waals surface area (Å²) in [6.45, 7) is 5.62. The Morgan fingerprint density at radius 2 is 1.60 bits per heavy atom. The van der Waals surface area contributed by atoms with Crippen molar-refractivity contribution in [1.29, 1.82) is 0 Å². The topological polar surface area (TPSA) is 41.1 Å². The van der Waals surface area contributed by atoms with Crippen LogP contribution in [0.1, 0.15) is 22.4 Å². The molecule has 3 rings (SSSR count). The molecule has 3 aromatic rings. The van der Waals surface area contributed by atoms with Crippen LogP contribution < -0.4 is 10.2 Å². The van der Waals surface area contributed by atoms with E-state index in [-0.39, 0.29) is 0 Å². The molecule has 1 heterocycles. The molecular weight excluding hydrogens is 308 g/mol. The average molecular weight is 332 g/mol. The summed E-state index contributed by atoms with van der Waals surface area (Å²) < 4.78 is 0. The summed E-state index contributed by atoms with van der Waals surface area (Å²) in [6.07, 6.45) is 0. The second-order valence-corrected chi connectivity index (χ2v) is 6.37. The number of hydrogen-bond donors (Lipinski definition) is 1. The zero-order chi connectivity index (χ0) is 17.6. The van der Waals surface area contributed by atoms with Crippen LogP contribution in [0.15, 0.2) is 60.7 Å². The summed E-state index contributed by atoms with van der Waals surface area (Å²) in [4.78, 5) is 11.3. The minimum absolute atomic E-state index is 0.662. The van der Waals surface area contributed by atoms with Crippen LogP contribution >= 0.6 is 0 Å². The molecule has 1 N–H and O–H groups in total. The molecule has 0 bridgehead atoms. The Balaban J connectivity index is 1.70. The van der Waals surface area contributed by atoms with Gasteiger partial charge in [-0.1, -0.05) is 60.2 Å². The normalized spacial score (nSPS) is 10.5. The molecule has 4 heteroatoms. The van der Waals surface area contributed by atoms with E-state index in [1.807, 2.05) is 19.1 Å². The Morgan fingerprint density at radius 1 is 0.880 bits per heavy atom. The van der Waals surface area contributed by atoms with Crippen molar-refractivity contribution in [3.63, 3.8) is 0 Å². The Labute approximate surface area is 149 Å². The molecule has 0 atom stereocenters. The summed E-state index contributed by atoms with van der Waals surface area (Å²) in [5.41, 5.74) is 4.70. The molecule has 4 nitrogen and oxygen atoms in total. The lowest BCUT2D eigenvalue weighted by atomic mass is 10.1. The second-order valence-electron chi connectivity index (χ2n) is 6.37. The van der Waals surface area contributed by atoms with Gasteiger partial charge in [-0.05, 0) is 25.0 Å². The quantitative estimate of drug-likeness (QED) is 0.729. The third kappa shape index (κ3) is 4.80. The second kappa shape index (κ2) is 7.79. The minimum atomic E-state index is 0.662. The lowest BCUT2D eigenvalue weighted by Crippen LogP contribution is -2.19. The lowest BCUT2D eigenvalue weighted by molar-refractivity contribution is 0.884. The zero-order valence-corrected chi connectivity index (χ0v) is 15.0. The molecule has 0 fully saturated rings. The summed E-state index contributed by atoms with van der Waals surface area (Å²) >= 11 is 0. The van der Waals surface area contributed by atoms with Gasteiger partial charge in [-0.25, -0.2) is 4.98 Å². The maximum absolute atomic E-state index is 4.67. The molecule has 0 saturated heterocycles. The van der Waals surface area contributed by atoms with Crippen molar-refractivity contribution in [3.8, 4) is 0 Å². The summed E-state index contributed by atoms with van der Waals surface area (Å²) in [7, 11) is 2.05. The number of nitrogens with zero attached hydrogens (tertiary/aromatic N) is 3. The van der Waals surface area contributed by atoms with Crippen LogP contribution in [0.3, 0.4) is 0 Å². The molecule has 0 aliphatic heterocycles. The first-order valence-electron chi connectivity index (χ1n) is 8.50. The molecule has 0 unspecified atom stereocenters. The van der Waals surface area contributed by atoms with E-state index >= 15 is 0 Å². The number of hydrogen-bond acceptors (Lipinski definition) is 4. The number of anilines is 2. The van der Waals surface area contributed by atoms with E-state index in [9.17, 15) is 0 Å². The molecule has 0 amide bonds. The number of rotatable bonds is 6. The third-order valence-corrected chi connectivity index (χ3v) is 4.07. The van der Waals surface area contributed by atoms with Crippen LogP contribution in [-0.4, -0.2) is 17.0 Å². The Kier molecular flexibility index (Phi) is 5.29. The van der Waals surface area contributed by atoms with Crippen molar-refractivity contribution >= 4 is 11.8 Å². The molecule has 1 aromatic heterocycles. The molecule has 0 aliphatic carbocycles. The van der Waals surface area contributed by atoms with Crippen LogP contribution in [0.2, 0.25) is 0 Å². The number of benzene rings is 2. The Hall–Kier alpha value is -2.88. The highest BCUT2D eigenvalue weighted by molar-refractivity contribution is 5.45. The number of nitrogens with one attached hydrogen (secondary N) is 1. The fraction of sp³-hybridized carbons (Fsp3) is 0.238. The van der Waals surface area contributed by atoms with Crippen LogP contribution in [0.4, 0.5) is 11.8 Å². The van der Waals surface area contributed by atoms with Crippen LogP contribution in [-0.2, 0) is 13.1 Å². The first kappa shape index (κ1) is 17.0. The van der Waals surface area contributed by atoms with E-state index in [0.717, 1.165) is 18.1 Å². The molecule has 2 aromatic carbocycles. The Morgan fingerprint density at radius 3 is 2.32 bits per heavy atom. The summed E-state index contributed by atoms with van der Waals surface area (Å²) in [5, 5.41) is 3.33. The molecular formula is C21H24N4. The fourth-order valence-electron chi connectivity index (χ4n) is 2.65. The Bertz CT molecular complexity index is 813. The van der Waals surface area contributed by atoms with Gasteiger partial charge in [-0.3, -0.25) is 0 Å². The highest BCUT2D eigenvalue weighted by Gasteiger charge is 2.07. The van der Waals surface area contributed by atoms with Crippen molar-refractivity contribution in [2.75, 3.05) is 17.3 Å². The highest BCUT2D eigenvalue weighted by atomic mass is 15.2. The van der Waals surface area contributed by atoms with Crippen LogP contribution in [0, 0.1) is 13.8 Å². The van der Waals surface area contributed by atoms with E-state index in [4.69, 9.17) is 0 Å². The lowest BCUT2D eigenvalue weighted by Gasteiger charge is -2.19. The van der Waals surface area contributed by atoms with Crippen molar-refractivity contribution in [3.05, 3.63) is 83.0 Å². The molecule has 128 valence electrons. The SMILES string of the molecule is Cc1ccc(CNc2nc(C)cc(N(C)Cc3ccccc3)n2)cc1. The summed E-state index contributed by atoms with van der Waals surface area (Å²) in [6, 6.07) is 20.9.